The predicted molar refractivity (Wildman–Crippen MR) is 65.5 cm³/mol. The van der Waals surface area contributed by atoms with Crippen LogP contribution >= 0.6 is 11.6 Å². The highest BCUT2D eigenvalue weighted by atomic mass is 35.5. The summed E-state index contributed by atoms with van der Waals surface area (Å²) in [6.45, 7) is 0. The van der Waals surface area contributed by atoms with Gasteiger partial charge in [0.2, 0.25) is 0 Å². The molecule has 5 heteroatoms. The molecule has 92 valence electrons. The summed E-state index contributed by atoms with van der Waals surface area (Å²) in [6, 6.07) is 7.64. The third-order valence-electron chi connectivity index (χ3n) is 2.46. The van der Waals surface area contributed by atoms with Crippen LogP contribution < -0.4 is 0 Å². The Bertz CT molecular complexity index is 626. The van der Waals surface area contributed by atoms with E-state index >= 15 is 0 Å². The molecule has 0 unspecified atom stereocenters. The molecule has 0 fully saturated rings. The van der Waals surface area contributed by atoms with E-state index < -0.39 is 11.8 Å². The summed E-state index contributed by atoms with van der Waals surface area (Å²) in [5, 5.41) is 18.8. The third-order valence-corrected chi connectivity index (χ3v) is 2.70. The van der Waals surface area contributed by atoms with Gasteiger partial charge in [-0.2, -0.15) is 0 Å². The summed E-state index contributed by atoms with van der Waals surface area (Å²) in [4.78, 5) is 10.7. The van der Waals surface area contributed by atoms with Crippen LogP contribution in [0.25, 0.3) is 11.1 Å². The quantitative estimate of drug-likeness (QED) is 0.874. The first kappa shape index (κ1) is 12.4. The Kier molecular flexibility index (Phi) is 3.21. The predicted octanol–water partition coefficient (Wildman–Crippen LogP) is 3.55. The summed E-state index contributed by atoms with van der Waals surface area (Å²) < 4.78 is 13.6. The molecule has 2 aromatic carbocycles. The highest BCUT2D eigenvalue weighted by Crippen LogP contribution is 2.33. The van der Waals surface area contributed by atoms with Gasteiger partial charge in [0.1, 0.15) is 11.6 Å². The van der Waals surface area contributed by atoms with Crippen LogP contribution in [0.15, 0.2) is 36.4 Å². The number of carboxylic acid groups (broad SMARTS) is 1. The van der Waals surface area contributed by atoms with Gasteiger partial charge in [-0.3, -0.25) is 0 Å². The van der Waals surface area contributed by atoms with Crippen LogP contribution in [-0.4, -0.2) is 16.2 Å². The number of carboxylic acids is 1. The molecule has 0 aliphatic carbocycles. The van der Waals surface area contributed by atoms with E-state index in [1.165, 1.54) is 30.3 Å². The van der Waals surface area contributed by atoms with Gasteiger partial charge in [0.15, 0.2) is 0 Å². The zero-order valence-corrected chi connectivity index (χ0v) is 9.78. The second kappa shape index (κ2) is 4.66. The fourth-order valence-electron chi connectivity index (χ4n) is 1.60. The molecule has 0 heterocycles. The van der Waals surface area contributed by atoms with E-state index in [9.17, 15) is 14.3 Å². The molecule has 2 aromatic rings. The molecule has 0 amide bonds. The Morgan fingerprint density at radius 1 is 1.11 bits per heavy atom. The Morgan fingerprint density at radius 3 is 2.44 bits per heavy atom. The minimum absolute atomic E-state index is 0.0707. The van der Waals surface area contributed by atoms with Crippen molar-refractivity contribution in [3.05, 3.63) is 52.8 Å². The molecule has 0 bridgehead atoms. The fraction of sp³-hybridized carbons (Fsp3) is 0. The molecular weight excluding hydrogens is 259 g/mol. The van der Waals surface area contributed by atoms with Gasteiger partial charge in [-0.05, 0) is 36.4 Å². The van der Waals surface area contributed by atoms with Crippen molar-refractivity contribution >= 4 is 17.6 Å². The molecule has 0 saturated carbocycles. The molecule has 0 aromatic heterocycles. The lowest BCUT2D eigenvalue weighted by atomic mass is 10.0. The molecule has 0 aliphatic heterocycles. The average molecular weight is 267 g/mol. The normalized spacial score (nSPS) is 10.3. The number of halogens is 2. The Morgan fingerprint density at radius 2 is 1.83 bits per heavy atom. The number of phenols is 1. The van der Waals surface area contributed by atoms with Crippen LogP contribution in [0.1, 0.15) is 10.4 Å². The van der Waals surface area contributed by atoms with E-state index in [0.717, 1.165) is 6.07 Å². The van der Waals surface area contributed by atoms with Crippen molar-refractivity contribution in [2.24, 2.45) is 0 Å². The van der Waals surface area contributed by atoms with Crippen molar-refractivity contribution in [1.82, 2.24) is 0 Å². The maximum atomic E-state index is 13.6. The van der Waals surface area contributed by atoms with Crippen molar-refractivity contribution < 1.29 is 19.4 Å². The topological polar surface area (TPSA) is 57.5 Å². The molecule has 0 radical (unpaired) electrons. The zero-order valence-electron chi connectivity index (χ0n) is 9.02. The van der Waals surface area contributed by atoms with E-state index in [1.807, 2.05) is 0 Å². The largest absolute Gasteiger partial charge is 0.507 e. The molecule has 0 atom stereocenters. The number of aromatic hydroxyl groups is 1. The molecule has 0 spiro atoms. The van der Waals surface area contributed by atoms with Crippen molar-refractivity contribution in [1.29, 1.82) is 0 Å². The smallest absolute Gasteiger partial charge is 0.335 e. The van der Waals surface area contributed by atoms with Crippen molar-refractivity contribution in [2.75, 3.05) is 0 Å². The van der Waals surface area contributed by atoms with E-state index in [-0.39, 0.29) is 22.4 Å². The van der Waals surface area contributed by atoms with Gasteiger partial charge < -0.3 is 10.2 Å². The van der Waals surface area contributed by atoms with Crippen LogP contribution in [0.2, 0.25) is 5.02 Å². The van der Waals surface area contributed by atoms with E-state index in [2.05, 4.69) is 0 Å². The molecule has 3 nitrogen and oxygen atoms in total. The van der Waals surface area contributed by atoms with Crippen molar-refractivity contribution in [3.63, 3.8) is 0 Å². The zero-order chi connectivity index (χ0) is 13.3. The van der Waals surface area contributed by atoms with Crippen LogP contribution in [0.4, 0.5) is 4.39 Å². The SMILES string of the molecule is O=C(O)c1ccc(-c2cc(Cl)ccc2F)c(O)c1. The van der Waals surface area contributed by atoms with E-state index in [4.69, 9.17) is 16.7 Å². The van der Waals surface area contributed by atoms with Crippen LogP contribution in [-0.2, 0) is 0 Å². The summed E-state index contributed by atoms with van der Waals surface area (Å²) in [5.41, 5.74) is 0.246. The summed E-state index contributed by atoms with van der Waals surface area (Å²) in [6.07, 6.45) is 0. The number of hydrogen-bond acceptors (Lipinski definition) is 2. The number of aromatic carboxylic acids is 1. The van der Waals surface area contributed by atoms with E-state index in [1.54, 1.807) is 0 Å². The summed E-state index contributed by atoms with van der Waals surface area (Å²) >= 11 is 5.76. The number of phenolic OH excluding ortho intramolecular Hbond substituents is 1. The second-order valence-electron chi connectivity index (χ2n) is 3.66. The van der Waals surface area contributed by atoms with Gasteiger partial charge in [0.25, 0.3) is 0 Å². The number of rotatable bonds is 2. The molecule has 18 heavy (non-hydrogen) atoms. The Hall–Kier alpha value is -2.07. The van der Waals surface area contributed by atoms with Gasteiger partial charge in [-0.25, -0.2) is 9.18 Å². The van der Waals surface area contributed by atoms with E-state index in [0.29, 0.717) is 5.02 Å². The Balaban J connectivity index is 2.58. The lowest BCUT2D eigenvalue weighted by Gasteiger charge is -2.07. The lowest BCUT2D eigenvalue weighted by Crippen LogP contribution is -1.96. The molecule has 2 N–H and O–H groups in total. The third kappa shape index (κ3) is 2.28. The fourth-order valence-corrected chi connectivity index (χ4v) is 1.77. The maximum Gasteiger partial charge on any atom is 0.335 e. The van der Waals surface area contributed by atoms with Gasteiger partial charge in [-0.1, -0.05) is 11.6 Å². The number of hydrogen-bond donors (Lipinski definition) is 2. The Labute approximate surface area is 107 Å². The second-order valence-corrected chi connectivity index (χ2v) is 4.10. The highest BCUT2D eigenvalue weighted by Gasteiger charge is 2.12. The molecule has 0 aliphatic rings. The first-order chi connectivity index (χ1) is 8.49. The first-order valence-electron chi connectivity index (χ1n) is 5.01. The van der Waals surface area contributed by atoms with Crippen molar-refractivity contribution in [3.8, 4) is 16.9 Å². The minimum atomic E-state index is -1.16. The summed E-state index contributed by atoms with van der Waals surface area (Å²) in [5.74, 6) is -2.02. The molecular formula is C13H8ClFO3. The number of benzene rings is 2. The first-order valence-corrected chi connectivity index (χ1v) is 5.38. The van der Waals surface area contributed by atoms with Crippen LogP contribution in [0.3, 0.4) is 0 Å². The number of carbonyl (C=O) groups is 1. The standard InChI is InChI=1S/C13H8ClFO3/c14-8-2-4-11(15)10(6-8)9-3-1-7(13(17)18)5-12(9)16/h1-6,16H,(H,17,18). The average Bonchev–Trinajstić information content (AvgIpc) is 2.32. The van der Waals surface area contributed by atoms with Crippen LogP contribution in [0, 0.1) is 5.82 Å². The van der Waals surface area contributed by atoms with Gasteiger partial charge >= 0.3 is 5.97 Å². The minimum Gasteiger partial charge on any atom is -0.507 e. The summed E-state index contributed by atoms with van der Waals surface area (Å²) in [7, 11) is 0. The maximum absolute atomic E-state index is 13.6. The molecule has 2 rings (SSSR count). The van der Waals surface area contributed by atoms with Crippen LogP contribution in [0.5, 0.6) is 5.75 Å². The monoisotopic (exact) mass is 266 g/mol. The van der Waals surface area contributed by atoms with Gasteiger partial charge in [0.05, 0.1) is 5.56 Å². The lowest BCUT2D eigenvalue weighted by molar-refractivity contribution is 0.0696. The van der Waals surface area contributed by atoms with Crippen molar-refractivity contribution in [2.45, 2.75) is 0 Å². The molecule has 0 saturated heterocycles. The highest BCUT2D eigenvalue weighted by molar-refractivity contribution is 6.30. The van der Waals surface area contributed by atoms with Gasteiger partial charge in [-0.15, -0.1) is 0 Å². The van der Waals surface area contributed by atoms with Gasteiger partial charge in [0, 0.05) is 16.1 Å².